The fourth-order valence-corrected chi connectivity index (χ4v) is 3.51. The van der Waals surface area contributed by atoms with Crippen molar-refractivity contribution in [1.82, 2.24) is 10.5 Å². The summed E-state index contributed by atoms with van der Waals surface area (Å²) < 4.78 is 10.8. The lowest BCUT2D eigenvalue weighted by molar-refractivity contribution is 0.366. The molecule has 0 saturated carbocycles. The van der Waals surface area contributed by atoms with E-state index in [1.807, 2.05) is 42.1 Å². The van der Waals surface area contributed by atoms with Gasteiger partial charge in [0.25, 0.3) is 0 Å². The number of hydrogen-bond donors (Lipinski definition) is 1. The molecule has 1 saturated heterocycles. The minimum Gasteiger partial charge on any atom is -0.496 e. The third kappa shape index (κ3) is 2.99. The minimum absolute atomic E-state index is 0.597. The first-order valence-corrected chi connectivity index (χ1v) is 7.92. The van der Waals surface area contributed by atoms with Crippen LogP contribution in [0.1, 0.15) is 12.2 Å². The van der Waals surface area contributed by atoms with Crippen LogP contribution in [0.25, 0.3) is 11.3 Å². The van der Waals surface area contributed by atoms with E-state index in [1.54, 1.807) is 7.11 Å². The number of hydrogen-bond acceptors (Lipinski definition) is 5. The van der Waals surface area contributed by atoms with Crippen LogP contribution < -0.4 is 10.1 Å². The summed E-state index contributed by atoms with van der Waals surface area (Å²) in [4.78, 5) is 0. The van der Waals surface area contributed by atoms with Crippen molar-refractivity contribution in [1.29, 1.82) is 0 Å². The zero-order valence-electron chi connectivity index (χ0n) is 11.5. The molecule has 1 atom stereocenters. The molecule has 1 N–H and O–H groups in total. The van der Waals surface area contributed by atoms with Gasteiger partial charge in [-0.2, -0.15) is 11.8 Å². The van der Waals surface area contributed by atoms with Gasteiger partial charge in [-0.15, -0.1) is 0 Å². The van der Waals surface area contributed by atoms with Gasteiger partial charge >= 0.3 is 0 Å². The quantitative estimate of drug-likeness (QED) is 0.917. The Balaban J connectivity index is 1.69. The van der Waals surface area contributed by atoms with Gasteiger partial charge in [-0.25, -0.2) is 0 Å². The van der Waals surface area contributed by atoms with Gasteiger partial charge in [-0.05, 0) is 24.3 Å². The molecule has 1 aromatic heterocycles. The molecule has 1 aromatic carbocycles. The molecule has 0 spiro atoms. The molecule has 1 fully saturated rings. The average Bonchev–Trinajstić information content (AvgIpc) is 3.16. The van der Waals surface area contributed by atoms with Gasteiger partial charge in [0.2, 0.25) is 0 Å². The largest absolute Gasteiger partial charge is 0.496 e. The summed E-state index contributed by atoms with van der Waals surface area (Å²) in [6, 6.07) is 10.4. The Morgan fingerprint density at radius 3 is 3.15 bits per heavy atom. The van der Waals surface area contributed by atoms with Crippen LogP contribution in [0.2, 0.25) is 0 Å². The van der Waals surface area contributed by atoms with Gasteiger partial charge in [-0.3, -0.25) is 0 Å². The van der Waals surface area contributed by atoms with E-state index in [1.165, 1.54) is 17.9 Å². The third-order valence-electron chi connectivity index (χ3n) is 3.44. The van der Waals surface area contributed by atoms with Gasteiger partial charge in [0.1, 0.15) is 11.4 Å². The first kappa shape index (κ1) is 13.5. The summed E-state index contributed by atoms with van der Waals surface area (Å²) in [7, 11) is 1.67. The van der Waals surface area contributed by atoms with Gasteiger partial charge in [0.15, 0.2) is 5.76 Å². The van der Waals surface area contributed by atoms with Gasteiger partial charge in [-0.1, -0.05) is 17.3 Å². The molecule has 2 aromatic rings. The second-order valence-electron chi connectivity index (χ2n) is 4.82. The SMILES string of the molecule is COc1ccccc1-c1cc(CN[C@H]2CCSC2)on1. The second-order valence-corrected chi connectivity index (χ2v) is 5.97. The van der Waals surface area contributed by atoms with Crippen molar-refractivity contribution in [3.8, 4) is 17.0 Å². The summed E-state index contributed by atoms with van der Waals surface area (Å²) in [6.07, 6.45) is 1.23. The highest BCUT2D eigenvalue weighted by Gasteiger charge is 2.16. The molecule has 2 heterocycles. The van der Waals surface area contributed by atoms with Crippen LogP contribution in [0, 0.1) is 0 Å². The van der Waals surface area contributed by atoms with Crippen molar-refractivity contribution in [2.45, 2.75) is 19.0 Å². The maximum absolute atomic E-state index is 5.40. The highest BCUT2D eigenvalue weighted by Crippen LogP contribution is 2.29. The third-order valence-corrected chi connectivity index (χ3v) is 4.60. The normalized spacial score (nSPS) is 18.4. The number of nitrogens with one attached hydrogen (secondary N) is 1. The van der Waals surface area contributed by atoms with Crippen LogP contribution in [0.4, 0.5) is 0 Å². The molecule has 1 aliphatic heterocycles. The molecule has 0 radical (unpaired) electrons. The van der Waals surface area contributed by atoms with E-state index < -0.39 is 0 Å². The Morgan fingerprint density at radius 1 is 1.45 bits per heavy atom. The fraction of sp³-hybridized carbons (Fsp3) is 0.400. The second kappa shape index (κ2) is 6.33. The topological polar surface area (TPSA) is 47.3 Å². The number of thioether (sulfide) groups is 1. The number of ether oxygens (including phenoxy) is 1. The van der Waals surface area contributed by atoms with Gasteiger partial charge in [0.05, 0.1) is 13.7 Å². The number of nitrogens with zero attached hydrogens (tertiary/aromatic N) is 1. The Morgan fingerprint density at radius 2 is 2.35 bits per heavy atom. The lowest BCUT2D eigenvalue weighted by atomic mass is 10.1. The van der Waals surface area contributed by atoms with E-state index in [2.05, 4.69) is 10.5 Å². The minimum atomic E-state index is 0.597. The molecular weight excluding hydrogens is 272 g/mol. The van der Waals surface area contributed by atoms with Crippen molar-refractivity contribution in [2.75, 3.05) is 18.6 Å². The van der Waals surface area contributed by atoms with Crippen molar-refractivity contribution < 1.29 is 9.26 Å². The molecule has 0 amide bonds. The highest BCUT2D eigenvalue weighted by molar-refractivity contribution is 7.99. The predicted octanol–water partition coefficient (Wildman–Crippen LogP) is 2.95. The smallest absolute Gasteiger partial charge is 0.151 e. The summed E-state index contributed by atoms with van der Waals surface area (Å²) in [5.41, 5.74) is 1.78. The van der Waals surface area contributed by atoms with E-state index >= 15 is 0 Å². The average molecular weight is 290 g/mol. The van der Waals surface area contributed by atoms with Crippen LogP contribution in [-0.4, -0.2) is 29.8 Å². The number of aromatic nitrogens is 1. The molecular formula is C15H18N2O2S. The Bertz CT molecular complexity index is 565. The number of methoxy groups -OCH3 is 1. The summed E-state index contributed by atoms with van der Waals surface area (Å²) in [6.45, 7) is 0.730. The van der Waals surface area contributed by atoms with Crippen LogP contribution in [-0.2, 0) is 6.54 Å². The monoisotopic (exact) mass is 290 g/mol. The molecule has 5 heteroatoms. The van der Waals surface area contributed by atoms with Crippen molar-refractivity contribution in [3.63, 3.8) is 0 Å². The molecule has 0 aliphatic carbocycles. The molecule has 0 unspecified atom stereocenters. The molecule has 3 rings (SSSR count). The first-order valence-electron chi connectivity index (χ1n) is 6.77. The van der Waals surface area contributed by atoms with Crippen LogP contribution in [0.5, 0.6) is 5.75 Å². The number of rotatable bonds is 5. The zero-order valence-corrected chi connectivity index (χ0v) is 12.3. The highest BCUT2D eigenvalue weighted by atomic mass is 32.2. The summed E-state index contributed by atoms with van der Waals surface area (Å²) in [5.74, 6) is 4.11. The molecule has 0 bridgehead atoms. The summed E-state index contributed by atoms with van der Waals surface area (Å²) in [5, 5.41) is 7.65. The van der Waals surface area contributed by atoms with Crippen LogP contribution >= 0.6 is 11.8 Å². The van der Waals surface area contributed by atoms with Gasteiger partial charge < -0.3 is 14.6 Å². The summed E-state index contributed by atoms with van der Waals surface area (Å²) >= 11 is 2.00. The lowest BCUT2D eigenvalue weighted by Crippen LogP contribution is -2.27. The van der Waals surface area contributed by atoms with E-state index in [-0.39, 0.29) is 0 Å². The van der Waals surface area contributed by atoms with Crippen molar-refractivity contribution in [2.24, 2.45) is 0 Å². The van der Waals surface area contributed by atoms with Crippen molar-refractivity contribution >= 4 is 11.8 Å². The van der Waals surface area contributed by atoms with E-state index in [0.717, 1.165) is 29.3 Å². The molecule has 20 heavy (non-hydrogen) atoms. The van der Waals surface area contributed by atoms with Crippen LogP contribution in [0.15, 0.2) is 34.9 Å². The molecule has 4 nitrogen and oxygen atoms in total. The van der Waals surface area contributed by atoms with Gasteiger partial charge in [0, 0.05) is 23.4 Å². The maximum Gasteiger partial charge on any atom is 0.151 e. The zero-order chi connectivity index (χ0) is 13.8. The Hall–Kier alpha value is -1.46. The number of para-hydroxylation sites is 1. The Kier molecular flexibility index (Phi) is 4.28. The maximum atomic E-state index is 5.40. The van der Waals surface area contributed by atoms with Crippen molar-refractivity contribution in [3.05, 3.63) is 36.1 Å². The van der Waals surface area contributed by atoms with E-state index in [9.17, 15) is 0 Å². The van der Waals surface area contributed by atoms with E-state index in [0.29, 0.717) is 6.04 Å². The molecule has 1 aliphatic rings. The fourth-order valence-electron chi connectivity index (χ4n) is 2.32. The molecule has 106 valence electrons. The van der Waals surface area contributed by atoms with E-state index in [4.69, 9.17) is 9.26 Å². The van der Waals surface area contributed by atoms with Crippen LogP contribution in [0.3, 0.4) is 0 Å². The predicted molar refractivity (Wildman–Crippen MR) is 81.1 cm³/mol. The standard InChI is InChI=1S/C15H18N2O2S/c1-18-15-5-3-2-4-13(15)14-8-12(19-17-14)9-16-11-6-7-20-10-11/h2-5,8,11,16H,6-7,9-10H2,1H3/t11-/m0/s1. The first-order chi connectivity index (χ1) is 9.86. The lowest BCUT2D eigenvalue weighted by Gasteiger charge is -2.08. The Labute approximate surface area is 122 Å². The number of benzene rings is 1.